The first-order valence-electron chi connectivity index (χ1n) is 5.61. The van der Waals surface area contributed by atoms with E-state index in [9.17, 15) is 0 Å². The van der Waals surface area contributed by atoms with Crippen LogP contribution in [-0.2, 0) is 6.42 Å². The van der Waals surface area contributed by atoms with Gasteiger partial charge < -0.3 is 5.32 Å². The van der Waals surface area contributed by atoms with Gasteiger partial charge in [-0.1, -0.05) is 13.0 Å². The zero-order valence-corrected chi connectivity index (χ0v) is 11.3. The summed E-state index contributed by atoms with van der Waals surface area (Å²) < 4.78 is 0. The molecule has 1 atom stereocenters. The van der Waals surface area contributed by atoms with E-state index >= 15 is 0 Å². The van der Waals surface area contributed by atoms with Crippen LogP contribution in [0, 0.1) is 0 Å². The summed E-state index contributed by atoms with van der Waals surface area (Å²) in [5.41, 5.74) is 0. The van der Waals surface area contributed by atoms with Gasteiger partial charge in [0.05, 0.1) is 0 Å². The number of hydrogen-bond donors (Lipinski definition) is 1. The monoisotopic (exact) mass is 243 g/mol. The molecule has 3 heteroatoms. The smallest absolute Gasteiger partial charge is 0.0161 e. The number of rotatable bonds is 8. The molecule has 0 amide bonds. The van der Waals surface area contributed by atoms with Crippen LogP contribution >= 0.6 is 23.1 Å². The Balaban J connectivity index is 2.24. The highest BCUT2D eigenvalue weighted by atomic mass is 32.2. The lowest BCUT2D eigenvalue weighted by Crippen LogP contribution is -2.32. The fourth-order valence-electron chi connectivity index (χ4n) is 1.57. The number of nitrogens with one attached hydrogen (secondary N) is 1. The van der Waals surface area contributed by atoms with Gasteiger partial charge in [-0.05, 0) is 43.5 Å². The molecule has 1 rings (SSSR count). The van der Waals surface area contributed by atoms with E-state index in [0.717, 1.165) is 6.54 Å². The molecule has 0 aliphatic rings. The van der Waals surface area contributed by atoms with Gasteiger partial charge in [0.15, 0.2) is 0 Å². The van der Waals surface area contributed by atoms with E-state index in [1.54, 1.807) is 0 Å². The van der Waals surface area contributed by atoms with Crippen LogP contribution in [0.1, 0.15) is 24.6 Å². The van der Waals surface area contributed by atoms with E-state index in [1.807, 2.05) is 23.1 Å². The van der Waals surface area contributed by atoms with Crippen molar-refractivity contribution in [3.8, 4) is 0 Å². The third-order valence-corrected chi connectivity index (χ3v) is 4.04. The second kappa shape index (κ2) is 8.20. The highest BCUT2D eigenvalue weighted by Gasteiger charge is 2.07. The van der Waals surface area contributed by atoms with Crippen LogP contribution in [0.4, 0.5) is 0 Å². The number of hydrogen-bond acceptors (Lipinski definition) is 3. The average Bonchev–Trinajstić information content (AvgIpc) is 2.75. The fraction of sp³-hybridized carbons (Fsp3) is 0.667. The van der Waals surface area contributed by atoms with Gasteiger partial charge in [0.2, 0.25) is 0 Å². The summed E-state index contributed by atoms with van der Waals surface area (Å²) in [6, 6.07) is 5.06. The van der Waals surface area contributed by atoms with Crippen LogP contribution in [0.3, 0.4) is 0 Å². The summed E-state index contributed by atoms with van der Waals surface area (Å²) in [6.07, 6.45) is 5.90. The van der Waals surface area contributed by atoms with Crippen molar-refractivity contribution in [2.75, 3.05) is 18.6 Å². The standard InChI is InChI=1S/C12H21NS2/c1-3-8-13-11(10-14-2)6-7-12-5-4-9-15-12/h4-5,9,11,13H,3,6-8,10H2,1-2H3. The molecule has 0 radical (unpaired) electrons. The van der Waals surface area contributed by atoms with Crippen molar-refractivity contribution in [1.29, 1.82) is 0 Å². The Morgan fingerprint density at radius 3 is 3.00 bits per heavy atom. The molecule has 0 fully saturated rings. The molecule has 1 heterocycles. The van der Waals surface area contributed by atoms with Crippen LogP contribution in [0.2, 0.25) is 0 Å². The lowest BCUT2D eigenvalue weighted by molar-refractivity contribution is 0.522. The normalized spacial score (nSPS) is 12.9. The Bertz CT molecular complexity index is 234. The molecule has 1 aromatic rings. The third-order valence-electron chi connectivity index (χ3n) is 2.37. The lowest BCUT2D eigenvalue weighted by Gasteiger charge is -2.16. The largest absolute Gasteiger partial charge is 0.313 e. The predicted molar refractivity (Wildman–Crippen MR) is 73.1 cm³/mol. The maximum absolute atomic E-state index is 3.62. The van der Waals surface area contributed by atoms with Gasteiger partial charge in [-0.3, -0.25) is 0 Å². The van der Waals surface area contributed by atoms with Gasteiger partial charge in [-0.2, -0.15) is 11.8 Å². The molecule has 0 aromatic carbocycles. The maximum atomic E-state index is 3.62. The Hall–Kier alpha value is 0.01000. The van der Waals surface area contributed by atoms with Gasteiger partial charge in [-0.15, -0.1) is 11.3 Å². The predicted octanol–water partition coefficient (Wildman–Crippen LogP) is 3.41. The van der Waals surface area contributed by atoms with E-state index in [4.69, 9.17) is 0 Å². The molecule has 0 spiro atoms. The van der Waals surface area contributed by atoms with Gasteiger partial charge in [0.1, 0.15) is 0 Å². The summed E-state index contributed by atoms with van der Waals surface area (Å²) in [5.74, 6) is 1.23. The molecule has 1 nitrogen and oxygen atoms in total. The molecule has 1 N–H and O–H groups in total. The van der Waals surface area contributed by atoms with Gasteiger partial charge >= 0.3 is 0 Å². The van der Waals surface area contributed by atoms with Crippen molar-refractivity contribution >= 4 is 23.1 Å². The second-order valence-electron chi connectivity index (χ2n) is 3.72. The molecule has 1 unspecified atom stereocenters. The van der Waals surface area contributed by atoms with E-state index in [2.05, 4.69) is 36.0 Å². The maximum Gasteiger partial charge on any atom is 0.0161 e. The minimum absolute atomic E-state index is 0.682. The van der Waals surface area contributed by atoms with E-state index in [0.29, 0.717) is 6.04 Å². The average molecular weight is 243 g/mol. The lowest BCUT2D eigenvalue weighted by atomic mass is 10.1. The molecule has 0 saturated carbocycles. The first-order chi connectivity index (χ1) is 7.36. The van der Waals surface area contributed by atoms with Gasteiger partial charge in [0, 0.05) is 16.7 Å². The van der Waals surface area contributed by atoms with E-state index in [1.165, 1.54) is 29.9 Å². The van der Waals surface area contributed by atoms with Crippen molar-refractivity contribution < 1.29 is 0 Å². The zero-order chi connectivity index (χ0) is 10.9. The summed E-state index contributed by atoms with van der Waals surface area (Å²) >= 11 is 3.81. The molecule has 1 aromatic heterocycles. The highest BCUT2D eigenvalue weighted by molar-refractivity contribution is 7.98. The Morgan fingerprint density at radius 1 is 1.53 bits per heavy atom. The Labute approximate surface area is 102 Å². The number of thioether (sulfide) groups is 1. The molecule has 0 saturated heterocycles. The van der Waals surface area contributed by atoms with Crippen molar-refractivity contribution in [2.24, 2.45) is 0 Å². The first-order valence-corrected chi connectivity index (χ1v) is 7.88. The van der Waals surface area contributed by atoms with Crippen LogP contribution in [-0.4, -0.2) is 24.6 Å². The van der Waals surface area contributed by atoms with E-state index in [-0.39, 0.29) is 0 Å². The minimum Gasteiger partial charge on any atom is -0.313 e. The summed E-state index contributed by atoms with van der Waals surface area (Å²) in [6.45, 7) is 3.37. The molecular formula is C12H21NS2. The fourth-order valence-corrected chi connectivity index (χ4v) is 2.98. The minimum atomic E-state index is 0.682. The highest BCUT2D eigenvalue weighted by Crippen LogP contribution is 2.13. The molecule has 0 aliphatic heterocycles. The Morgan fingerprint density at radius 2 is 2.40 bits per heavy atom. The quantitative estimate of drug-likeness (QED) is 0.751. The summed E-state index contributed by atoms with van der Waals surface area (Å²) in [7, 11) is 0. The summed E-state index contributed by atoms with van der Waals surface area (Å²) in [5, 5.41) is 5.78. The molecule has 15 heavy (non-hydrogen) atoms. The first kappa shape index (κ1) is 13.1. The van der Waals surface area contributed by atoms with Gasteiger partial charge in [-0.25, -0.2) is 0 Å². The summed E-state index contributed by atoms with van der Waals surface area (Å²) in [4.78, 5) is 1.51. The molecular weight excluding hydrogens is 222 g/mol. The number of aryl methyl sites for hydroxylation is 1. The molecule has 86 valence electrons. The second-order valence-corrected chi connectivity index (χ2v) is 5.67. The third kappa shape index (κ3) is 5.59. The van der Waals surface area contributed by atoms with Crippen LogP contribution in [0.15, 0.2) is 17.5 Å². The van der Waals surface area contributed by atoms with Crippen LogP contribution in [0.5, 0.6) is 0 Å². The van der Waals surface area contributed by atoms with Gasteiger partial charge in [0.25, 0.3) is 0 Å². The number of thiophene rings is 1. The van der Waals surface area contributed by atoms with Crippen LogP contribution in [0.25, 0.3) is 0 Å². The van der Waals surface area contributed by atoms with Crippen molar-refractivity contribution in [2.45, 2.75) is 32.2 Å². The van der Waals surface area contributed by atoms with E-state index < -0.39 is 0 Å². The SMILES string of the molecule is CCCNC(CCc1cccs1)CSC. The molecule has 0 bridgehead atoms. The molecule has 0 aliphatic carbocycles. The van der Waals surface area contributed by atoms with Crippen molar-refractivity contribution in [1.82, 2.24) is 5.32 Å². The Kier molecular flexibility index (Phi) is 7.14. The van der Waals surface area contributed by atoms with Crippen molar-refractivity contribution in [3.63, 3.8) is 0 Å². The zero-order valence-electron chi connectivity index (χ0n) is 9.66. The van der Waals surface area contributed by atoms with Crippen molar-refractivity contribution in [3.05, 3.63) is 22.4 Å². The topological polar surface area (TPSA) is 12.0 Å². The van der Waals surface area contributed by atoms with Crippen LogP contribution < -0.4 is 5.32 Å².